The third-order valence-corrected chi connectivity index (χ3v) is 6.75. The van der Waals surface area contributed by atoms with Crippen molar-refractivity contribution in [1.29, 1.82) is 0 Å². The second-order valence-electron chi connectivity index (χ2n) is 8.87. The molecule has 0 radical (unpaired) electrons. The molecule has 180 valence electrons. The Kier molecular flexibility index (Phi) is 9.11. The Labute approximate surface area is 212 Å². The fraction of sp³-hybridized carbons (Fsp3) is 0.300. The van der Waals surface area contributed by atoms with Gasteiger partial charge in [-0.05, 0) is 60.2 Å². The highest BCUT2D eigenvalue weighted by Crippen LogP contribution is 2.25. The first-order chi connectivity index (χ1) is 17.2. The largest absolute Gasteiger partial charge is 0.395 e. The van der Waals surface area contributed by atoms with Crippen LogP contribution in [0.2, 0.25) is 5.02 Å². The normalized spacial score (nSPS) is 14.1. The van der Waals surface area contributed by atoms with Gasteiger partial charge in [0.15, 0.2) is 0 Å². The number of halogens is 1. The molecular formula is C30H31ClN2O2. The van der Waals surface area contributed by atoms with Gasteiger partial charge in [-0.1, -0.05) is 72.8 Å². The van der Waals surface area contributed by atoms with Gasteiger partial charge in [0.25, 0.3) is 0 Å². The van der Waals surface area contributed by atoms with Crippen molar-refractivity contribution in [1.82, 2.24) is 9.88 Å². The van der Waals surface area contributed by atoms with E-state index in [1.807, 2.05) is 66.9 Å². The van der Waals surface area contributed by atoms with Crippen LogP contribution in [0, 0.1) is 11.8 Å². The molecule has 4 rings (SSSR count). The summed E-state index contributed by atoms with van der Waals surface area (Å²) in [5, 5.41) is 20.0. The number of aliphatic hydroxyl groups is 2. The lowest BCUT2D eigenvalue weighted by molar-refractivity contribution is 0.0540. The van der Waals surface area contributed by atoms with E-state index < -0.39 is 0 Å². The first-order valence-electron chi connectivity index (χ1n) is 12.1. The van der Waals surface area contributed by atoms with Crippen LogP contribution < -0.4 is 0 Å². The van der Waals surface area contributed by atoms with E-state index in [4.69, 9.17) is 11.6 Å². The summed E-state index contributed by atoms with van der Waals surface area (Å²) in [5.74, 6) is 6.31. The van der Waals surface area contributed by atoms with E-state index in [2.05, 4.69) is 33.9 Å². The number of hydrogen-bond donors (Lipinski definition) is 2. The Bertz CT molecular complexity index is 1150. The molecule has 4 nitrogen and oxygen atoms in total. The Hall–Kier alpha value is -2.94. The minimum absolute atomic E-state index is 0.0209. The van der Waals surface area contributed by atoms with Gasteiger partial charge in [-0.2, -0.15) is 0 Å². The van der Waals surface area contributed by atoms with Crippen LogP contribution in [0.5, 0.6) is 0 Å². The molecule has 0 bridgehead atoms. The Balaban J connectivity index is 1.36. The lowest BCUT2D eigenvalue weighted by Crippen LogP contribution is -2.46. The number of benzene rings is 2. The van der Waals surface area contributed by atoms with Crippen LogP contribution in [0.3, 0.4) is 0 Å². The van der Waals surface area contributed by atoms with Crippen LogP contribution in [-0.4, -0.2) is 51.9 Å². The van der Waals surface area contributed by atoms with Gasteiger partial charge in [0, 0.05) is 34.9 Å². The van der Waals surface area contributed by atoms with E-state index in [0.29, 0.717) is 11.1 Å². The van der Waals surface area contributed by atoms with Gasteiger partial charge in [0.05, 0.1) is 19.3 Å². The smallest absolute Gasteiger partial charge is 0.113 e. The van der Waals surface area contributed by atoms with E-state index in [1.165, 1.54) is 12.8 Å². The number of nitrogens with zero attached hydrogens (tertiary/aromatic N) is 2. The molecule has 0 unspecified atom stereocenters. The van der Waals surface area contributed by atoms with Crippen LogP contribution in [0.25, 0.3) is 17.2 Å². The van der Waals surface area contributed by atoms with E-state index >= 15 is 0 Å². The molecule has 2 N–H and O–H groups in total. The standard InChI is InChI=1S/C30H31ClN2O2/c31-27-15-12-25(13-16-27)26-14-18-28(32-20-26)17-11-24-9-7-23(8-10-24)4-3-19-33(30(21-34)22-35)29-5-1-2-6-29/h3-4,7-10,12-16,18,20,29-30,34-35H,1-2,5-6,19,21-22H2/b4-3+. The second-order valence-corrected chi connectivity index (χ2v) is 9.30. The molecule has 1 aliphatic carbocycles. The summed E-state index contributed by atoms with van der Waals surface area (Å²) in [6, 6.07) is 20.0. The molecule has 0 amide bonds. The van der Waals surface area contributed by atoms with Crippen LogP contribution in [0.1, 0.15) is 42.5 Å². The fourth-order valence-corrected chi connectivity index (χ4v) is 4.63. The zero-order chi connectivity index (χ0) is 24.5. The average molecular weight is 487 g/mol. The van der Waals surface area contributed by atoms with Gasteiger partial charge in [-0.25, -0.2) is 4.98 Å². The molecule has 5 heteroatoms. The first-order valence-corrected chi connectivity index (χ1v) is 12.5. The number of pyridine rings is 1. The molecule has 1 saturated carbocycles. The quantitative estimate of drug-likeness (QED) is 0.418. The van der Waals surface area contributed by atoms with E-state index in [-0.39, 0.29) is 19.3 Å². The molecule has 35 heavy (non-hydrogen) atoms. The van der Waals surface area contributed by atoms with E-state index in [0.717, 1.165) is 47.3 Å². The molecule has 2 aromatic carbocycles. The summed E-state index contributed by atoms with van der Waals surface area (Å²) in [6.45, 7) is 0.676. The van der Waals surface area contributed by atoms with Crippen molar-refractivity contribution < 1.29 is 10.2 Å². The van der Waals surface area contributed by atoms with Gasteiger partial charge < -0.3 is 10.2 Å². The molecule has 1 heterocycles. The van der Waals surface area contributed by atoms with Gasteiger partial charge in [-0.15, -0.1) is 0 Å². The molecule has 1 fully saturated rings. The maximum Gasteiger partial charge on any atom is 0.113 e. The molecule has 1 aromatic heterocycles. The zero-order valence-electron chi connectivity index (χ0n) is 19.8. The summed E-state index contributed by atoms with van der Waals surface area (Å²) >= 11 is 5.96. The van der Waals surface area contributed by atoms with Gasteiger partial charge >= 0.3 is 0 Å². The van der Waals surface area contributed by atoms with Crippen molar-refractivity contribution >= 4 is 17.7 Å². The third-order valence-electron chi connectivity index (χ3n) is 6.50. The van der Waals surface area contributed by atoms with Crippen LogP contribution >= 0.6 is 11.6 Å². The van der Waals surface area contributed by atoms with Crippen molar-refractivity contribution in [3.8, 4) is 23.0 Å². The van der Waals surface area contributed by atoms with Crippen molar-refractivity contribution in [2.75, 3.05) is 19.8 Å². The molecule has 3 aromatic rings. The SMILES string of the molecule is OCC(CO)N(C/C=C/c1ccc(C#Cc2ccc(-c3ccc(Cl)cc3)cn2)cc1)C1CCCC1. The maximum absolute atomic E-state index is 9.66. The average Bonchev–Trinajstić information content (AvgIpc) is 3.43. The Morgan fingerprint density at radius 1 is 0.914 bits per heavy atom. The van der Waals surface area contributed by atoms with Crippen molar-refractivity contribution in [3.05, 3.63) is 94.8 Å². The van der Waals surface area contributed by atoms with Crippen LogP contribution in [0.4, 0.5) is 0 Å². The number of rotatable bonds is 8. The number of hydrogen-bond acceptors (Lipinski definition) is 4. The van der Waals surface area contributed by atoms with Gasteiger partial charge in [-0.3, -0.25) is 4.90 Å². The molecule has 0 atom stereocenters. The summed E-state index contributed by atoms with van der Waals surface area (Å²) in [4.78, 5) is 6.71. The number of aliphatic hydroxyl groups excluding tert-OH is 2. The summed E-state index contributed by atoms with van der Waals surface area (Å²) in [6.07, 6.45) is 10.7. The number of aromatic nitrogens is 1. The highest BCUT2D eigenvalue weighted by atomic mass is 35.5. The molecule has 0 aliphatic heterocycles. The molecule has 0 spiro atoms. The summed E-state index contributed by atoms with van der Waals surface area (Å²) in [5.41, 5.74) is 4.84. The second kappa shape index (κ2) is 12.7. The lowest BCUT2D eigenvalue weighted by atomic mass is 10.1. The van der Waals surface area contributed by atoms with Crippen LogP contribution in [0.15, 0.2) is 72.9 Å². The van der Waals surface area contributed by atoms with Crippen LogP contribution in [-0.2, 0) is 0 Å². The first kappa shape index (κ1) is 25.2. The Morgan fingerprint density at radius 2 is 1.60 bits per heavy atom. The van der Waals surface area contributed by atoms with Crippen molar-refractivity contribution in [3.63, 3.8) is 0 Å². The third kappa shape index (κ3) is 7.04. The van der Waals surface area contributed by atoms with Crippen molar-refractivity contribution in [2.45, 2.75) is 37.8 Å². The van der Waals surface area contributed by atoms with E-state index in [9.17, 15) is 10.2 Å². The molecule has 0 saturated heterocycles. The van der Waals surface area contributed by atoms with Gasteiger partial charge in [0.2, 0.25) is 0 Å². The fourth-order valence-electron chi connectivity index (χ4n) is 4.50. The monoisotopic (exact) mass is 486 g/mol. The Morgan fingerprint density at radius 3 is 2.23 bits per heavy atom. The molecular weight excluding hydrogens is 456 g/mol. The molecule has 1 aliphatic rings. The predicted molar refractivity (Wildman–Crippen MR) is 143 cm³/mol. The van der Waals surface area contributed by atoms with E-state index in [1.54, 1.807) is 0 Å². The predicted octanol–water partition coefficient (Wildman–Crippen LogP) is 5.41. The summed E-state index contributed by atoms with van der Waals surface area (Å²) < 4.78 is 0. The highest BCUT2D eigenvalue weighted by Gasteiger charge is 2.27. The lowest BCUT2D eigenvalue weighted by Gasteiger charge is -2.33. The maximum atomic E-state index is 9.66. The van der Waals surface area contributed by atoms with Gasteiger partial charge in [0.1, 0.15) is 5.69 Å². The minimum Gasteiger partial charge on any atom is -0.395 e. The topological polar surface area (TPSA) is 56.6 Å². The van der Waals surface area contributed by atoms with Crippen molar-refractivity contribution in [2.24, 2.45) is 0 Å². The highest BCUT2D eigenvalue weighted by molar-refractivity contribution is 6.30. The minimum atomic E-state index is -0.200. The zero-order valence-corrected chi connectivity index (χ0v) is 20.5. The summed E-state index contributed by atoms with van der Waals surface area (Å²) in [7, 11) is 0.